The molecule has 4 unspecified atom stereocenters. The maximum atomic E-state index is 14.8. The molecule has 204 valence electrons. The van der Waals surface area contributed by atoms with Gasteiger partial charge in [0, 0.05) is 62.9 Å². The molecule has 8 heteroatoms. The van der Waals surface area contributed by atoms with Gasteiger partial charge in [0.05, 0.1) is 0 Å². The first kappa shape index (κ1) is 24.0. The number of rotatable bonds is 0. The zero-order valence-electron chi connectivity index (χ0n) is 23.2. The first-order valence-corrected chi connectivity index (χ1v) is 13.9. The molecule has 3 saturated heterocycles. The van der Waals surface area contributed by atoms with E-state index < -0.39 is 39.8 Å². The highest BCUT2D eigenvalue weighted by Gasteiger charge is 2.87. The van der Waals surface area contributed by atoms with E-state index in [9.17, 15) is 19.8 Å². The van der Waals surface area contributed by atoms with Crippen molar-refractivity contribution in [2.75, 3.05) is 4.90 Å². The van der Waals surface area contributed by atoms with Crippen LogP contribution in [0.25, 0.3) is 17.0 Å². The van der Waals surface area contributed by atoms with E-state index in [0.717, 1.165) is 27.8 Å². The molecular formula is C32H32N4O4. The summed E-state index contributed by atoms with van der Waals surface area (Å²) in [7, 11) is 0. The quantitative estimate of drug-likeness (QED) is 0.405. The lowest BCUT2D eigenvalue weighted by Crippen LogP contribution is -2.87. The Balaban J connectivity index is 1.40. The Labute approximate surface area is 232 Å². The Morgan fingerprint density at radius 3 is 2.42 bits per heavy atom. The first-order valence-electron chi connectivity index (χ1n) is 13.9. The van der Waals surface area contributed by atoms with Gasteiger partial charge in [0.1, 0.15) is 11.3 Å². The lowest BCUT2D eigenvalue weighted by atomic mass is 9.61. The van der Waals surface area contributed by atoms with Crippen LogP contribution in [0.3, 0.4) is 0 Å². The van der Waals surface area contributed by atoms with Crippen LogP contribution in [0, 0.1) is 5.92 Å². The molecule has 5 aliphatic rings. The Kier molecular flexibility index (Phi) is 4.01. The number of nitrogens with one attached hydrogen (secondary N) is 1. The van der Waals surface area contributed by atoms with E-state index in [1.54, 1.807) is 12.3 Å². The van der Waals surface area contributed by atoms with Gasteiger partial charge in [0.15, 0.2) is 5.66 Å². The van der Waals surface area contributed by atoms with E-state index in [1.807, 2.05) is 75.4 Å². The van der Waals surface area contributed by atoms with Gasteiger partial charge in [-0.3, -0.25) is 19.4 Å². The van der Waals surface area contributed by atoms with Crippen LogP contribution in [0.2, 0.25) is 0 Å². The molecule has 0 radical (unpaired) electrons. The molecular weight excluding hydrogens is 504 g/mol. The summed E-state index contributed by atoms with van der Waals surface area (Å²) in [6.45, 7) is 10.2. The number of carbonyl (C=O) groups excluding carboxylic acids is 2. The molecule has 2 amide bonds. The van der Waals surface area contributed by atoms with Crippen LogP contribution < -0.4 is 4.90 Å². The highest BCUT2D eigenvalue weighted by atomic mass is 16.4. The van der Waals surface area contributed by atoms with E-state index in [1.165, 1.54) is 9.80 Å². The van der Waals surface area contributed by atoms with E-state index in [-0.39, 0.29) is 18.0 Å². The van der Waals surface area contributed by atoms with Gasteiger partial charge in [-0.15, -0.1) is 0 Å². The topological polar surface area (TPSA) is 100 Å². The maximum Gasteiger partial charge on any atom is 0.284 e. The zero-order valence-corrected chi connectivity index (χ0v) is 23.2. The number of amides is 2. The van der Waals surface area contributed by atoms with Gasteiger partial charge in [-0.25, -0.2) is 0 Å². The van der Waals surface area contributed by atoms with Crippen LogP contribution >= 0.6 is 0 Å². The highest BCUT2D eigenvalue weighted by Crippen LogP contribution is 2.73. The van der Waals surface area contributed by atoms with Crippen LogP contribution in [0.5, 0.6) is 0 Å². The van der Waals surface area contributed by atoms with Crippen molar-refractivity contribution >= 4 is 34.5 Å². The van der Waals surface area contributed by atoms with E-state index >= 15 is 0 Å². The molecule has 3 N–H and O–H groups in total. The third-order valence-corrected chi connectivity index (χ3v) is 10.5. The van der Waals surface area contributed by atoms with Gasteiger partial charge in [-0.05, 0) is 32.1 Å². The molecule has 8 nitrogen and oxygen atoms in total. The molecule has 0 saturated carbocycles. The molecule has 3 fully saturated rings. The number of anilines is 1. The number of hydrogen-bond acceptors (Lipinski definition) is 5. The predicted octanol–water partition coefficient (Wildman–Crippen LogP) is 3.91. The third kappa shape index (κ3) is 2.24. The second-order valence-corrected chi connectivity index (χ2v) is 13.1. The molecule has 4 atom stereocenters. The minimum atomic E-state index is -2.23. The number of aromatic nitrogens is 1. The SMILES string of the molecule is CC1C(C)(C)N2c3ccccc3C3(O)CC4(O)C(=O)N5C=CC(C)(C)c6[nH]c7ccccc7c6C=C5C(=O)N4C123. The fourth-order valence-electron chi connectivity index (χ4n) is 8.52. The van der Waals surface area contributed by atoms with Gasteiger partial charge < -0.3 is 20.1 Å². The summed E-state index contributed by atoms with van der Waals surface area (Å²) in [5, 5.41) is 25.8. The summed E-state index contributed by atoms with van der Waals surface area (Å²) in [5.41, 5.74) is -1.81. The normalized spacial score (nSPS) is 34.2. The van der Waals surface area contributed by atoms with Crippen molar-refractivity contribution < 1.29 is 19.8 Å². The van der Waals surface area contributed by atoms with Gasteiger partial charge >= 0.3 is 0 Å². The number of H-pyrrole nitrogens is 1. The van der Waals surface area contributed by atoms with Crippen molar-refractivity contribution in [3.63, 3.8) is 0 Å². The lowest BCUT2D eigenvalue weighted by Gasteiger charge is -2.70. The van der Waals surface area contributed by atoms with Gasteiger partial charge in [-0.2, -0.15) is 0 Å². The number of aromatic amines is 1. The minimum Gasteiger partial charge on any atom is -0.380 e. The van der Waals surface area contributed by atoms with E-state index in [0.29, 0.717) is 5.56 Å². The summed E-state index contributed by atoms with van der Waals surface area (Å²) in [5.74, 6) is -1.39. The molecule has 1 aromatic heterocycles. The van der Waals surface area contributed by atoms with E-state index in [4.69, 9.17) is 0 Å². The standard InChI is InChI=1S/C32H32N4O4/c1-18-29(4,5)35-23-13-9-7-11-21(23)30(39)17-31(40)27(38)34-15-14-28(2,3)25-20(19-10-6-8-12-22(19)33-25)16-24(34)26(37)36(31)32(18,30)35/h6-16,18,33,39-40H,17H2,1-5H3. The van der Waals surface area contributed by atoms with Crippen LogP contribution in [-0.4, -0.2) is 53.7 Å². The van der Waals surface area contributed by atoms with E-state index in [2.05, 4.69) is 23.7 Å². The van der Waals surface area contributed by atoms with Gasteiger partial charge in [0.25, 0.3) is 11.8 Å². The molecule has 1 spiro atoms. The summed E-state index contributed by atoms with van der Waals surface area (Å²) in [6, 6.07) is 15.5. The monoisotopic (exact) mass is 536 g/mol. The van der Waals surface area contributed by atoms with Crippen molar-refractivity contribution in [2.45, 2.75) is 69.0 Å². The van der Waals surface area contributed by atoms with Crippen molar-refractivity contribution in [1.82, 2.24) is 14.8 Å². The van der Waals surface area contributed by atoms with Gasteiger partial charge in [0.2, 0.25) is 5.72 Å². The molecule has 6 heterocycles. The van der Waals surface area contributed by atoms with Crippen LogP contribution in [0.4, 0.5) is 5.69 Å². The summed E-state index contributed by atoms with van der Waals surface area (Å²) in [6.07, 6.45) is 4.95. The number of nitrogens with zero attached hydrogens (tertiary/aromatic N) is 3. The molecule has 2 aromatic carbocycles. The predicted molar refractivity (Wildman–Crippen MR) is 150 cm³/mol. The second-order valence-electron chi connectivity index (χ2n) is 13.1. The first-order chi connectivity index (χ1) is 18.8. The number of hydrogen-bond donors (Lipinski definition) is 3. The average Bonchev–Trinajstić information content (AvgIpc) is 3.46. The number of para-hydroxylation sites is 2. The van der Waals surface area contributed by atoms with Crippen molar-refractivity contribution in [2.24, 2.45) is 5.92 Å². The fraction of sp³-hybridized carbons (Fsp3) is 0.375. The fourth-order valence-corrected chi connectivity index (χ4v) is 8.52. The Morgan fingerprint density at radius 1 is 0.950 bits per heavy atom. The lowest BCUT2D eigenvalue weighted by molar-refractivity contribution is -0.210. The van der Waals surface area contributed by atoms with Crippen LogP contribution in [-0.2, 0) is 20.6 Å². The molecule has 8 rings (SSSR count). The maximum absolute atomic E-state index is 14.8. The summed E-state index contributed by atoms with van der Waals surface area (Å²) in [4.78, 5) is 37.3. The number of carbonyl (C=O) groups is 2. The molecule has 0 bridgehead atoms. The zero-order chi connectivity index (χ0) is 28.2. The van der Waals surface area contributed by atoms with Gasteiger partial charge in [-0.1, -0.05) is 63.2 Å². The Bertz CT molecular complexity index is 1770. The summed E-state index contributed by atoms with van der Waals surface area (Å²) >= 11 is 0. The Morgan fingerprint density at radius 2 is 1.65 bits per heavy atom. The second kappa shape index (κ2) is 6.70. The Hall–Kier alpha value is -3.88. The number of fused-ring (bicyclic) bond motifs is 8. The van der Waals surface area contributed by atoms with Crippen LogP contribution in [0.1, 0.15) is 57.9 Å². The molecule has 5 aliphatic heterocycles. The average molecular weight is 537 g/mol. The molecule has 0 aliphatic carbocycles. The smallest absolute Gasteiger partial charge is 0.284 e. The van der Waals surface area contributed by atoms with Crippen LogP contribution in [0.15, 0.2) is 66.5 Å². The van der Waals surface area contributed by atoms with Crippen molar-refractivity contribution in [3.05, 3.63) is 83.3 Å². The van der Waals surface area contributed by atoms with Crippen molar-refractivity contribution in [3.8, 4) is 0 Å². The third-order valence-electron chi connectivity index (χ3n) is 10.5. The number of piperazine rings is 1. The highest BCUT2D eigenvalue weighted by molar-refractivity contribution is 6.12. The minimum absolute atomic E-state index is 0.152. The number of aliphatic hydroxyl groups is 2. The number of allylic oxidation sites excluding steroid dienone is 1. The summed E-state index contributed by atoms with van der Waals surface area (Å²) < 4.78 is 0. The number of benzene rings is 2. The molecule has 40 heavy (non-hydrogen) atoms. The molecule has 3 aromatic rings. The van der Waals surface area contributed by atoms with Crippen molar-refractivity contribution in [1.29, 1.82) is 0 Å². The largest absolute Gasteiger partial charge is 0.380 e.